The van der Waals surface area contributed by atoms with Crippen LogP contribution < -0.4 is 9.64 Å². The molecule has 0 atom stereocenters. The van der Waals surface area contributed by atoms with Crippen LogP contribution in [-0.2, 0) is 0 Å². The van der Waals surface area contributed by atoms with Gasteiger partial charge in [0.25, 0.3) is 0 Å². The lowest BCUT2D eigenvalue weighted by atomic mass is 10.1. The fourth-order valence-corrected chi connectivity index (χ4v) is 1.67. The number of hydrogen-bond donors (Lipinski definition) is 0. The summed E-state index contributed by atoms with van der Waals surface area (Å²) in [5, 5.41) is 0. The Bertz CT molecular complexity index is 334. The van der Waals surface area contributed by atoms with Gasteiger partial charge in [-0.15, -0.1) is 0 Å². The highest BCUT2D eigenvalue weighted by atomic mass is 16.5. The Morgan fingerprint density at radius 2 is 2.00 bits per heavy atom. The van der Waals surface area contributed by atoms with Crippen molar-refractivity contribution in [2.24, 2.45) is 5.92 Å². The molecule has 0 bridgehead atoms. The van der Waals surface area contributed by atoms with Crippen LogP contribution in [0.1, 0.15) is 25.8 Å². The summed E-state index contributed by atoms with van der Waals surface area (Å²) < 4.78 is 5.39. The van der Waals surface area contributed by atoms with Crippen molar-refractivity contribution < 1.29 is 4.74 Å². The van der Waals surface area contributed by atoms with Crippen molar-refractivity contribution in [3.63, 3.8) is 0 Å². The third kappa shape index (κ3) is 3.44. The average molecular weight is 221 g/mol. The lowest BCUT2D eigenvalue weighted by Crippen LogP contribution is -2.20. The van der Waals surface area contributed by atoms with Gasteiger partial charge in [0.1, 0.15) is 5.75 Å². The van der Waals surface area contributed by atoms with E-state index in [0.29, 0.717) is 0 Å². The zero-order valence-corrected chi connectivity index (χ0v) is 11.1. The van der Waals surface area contributed by atoms with Crippen LogP contribution >= 0.6 is 0 Å². The van der Waals surface area contributed by atoms with Gasteiger partial charge in [0.05, 0.1) is 12.8 Å². The summed E-state index contributed by atoms with van der Waals surface area (Å²) in [6.07, 6.45) is 1.20. The van der Waals surface area contributed by atoms with Gasteiger partial charge < -0.3 is 9.64 Å². The normalized spacial score (nSPS) is 10.6. The van der Waals surface area contributed by atoms with E-state index < -0.39 is 0 Å². The molecule has 2 nitrogen and oxygen atoms in total. The number of aryl methyl sites for hydroxylation is 1. The van der Waals surface area contributed by atoms with Crippen molar-refractivity contribution in [3.05, 3.63) is 23.8 Å². The highest BCUT2D eigenvalue weighted by Crippen LogP contribution is 2.28. The Hall–Kier alpha value is -1.18. The van der Waals surface area contributed by atoms with Gasteiger partial charge in [0.2, 0.25) is 0 Å². The minimum absolute atomic E-state index is 0.734. The minimum atomic E-state index is 0.734. The van der Waals surface area contributed by atoms with E-state index in [1.807, 2.05) is 6.07 Å². The monoisotopic (exact) mass is 221 g/mol. The van der Waals surface area contributed by atoms with E-state index in [1.165, 1.54) is 17.7 Å². The molecule has 0 fully saturated rings. The molecular weight excluding hydrogens is 198 g/mol. The van der Waals surface area contributed by atoms with E-state index in [1.54, 1.807) is 7.11 Å². The third-order valence-corrected chi connectivity index (χ3v) is 2.79. The lowest BCUT2D eigenvalue weighted by Gasteiger charge is -2.23. The predicted molar refractivity (Wildman–Crippen MR) is 70.5 cm³/mol. The molecule has 0 amide bonds. The van der Waals surface area contributed by atoms with Crippen LogP contribution in [0.25, 0.3) is 0 Å². The molecule has 0 aliphatic carbocycles. The average Bonchev–Trinajstić information content (AvgIpc) is 2.25. The van der Waals surface area contributed by atoms with Gasteiger partial charge in [0.15, 0.2) is 0 Å². The molecule has 0 spiro atoms. The summed E-state index contributed by atoms with van der Waals surface area (Å²) in [5.41, 5.74) is 2.45. The number of hydrogen-bond acceptors (Lipinski definition) is 2. The Balaban J connectivity index is 2.80. The second kappa shape index (κ2) is 5.78. The number of methoxy groups -OCH3 is 1. The van der Waals surface area contributed by atoms with Gasteiger partial charge in [-0.1, -0.05) is 19.9 Å². The van der Waals surface area contributed by atoms with E-state index in [-0.39, 0.29) is 0 Å². The van der Waals surface area contributed by atoms with E-state index in [4.69, 9.17) is 4.74 Å². The van der Waals surface area contributed by atoms with Gasteiger partial charge in [-0.25, -0.2) is 0 Å². The summed E-state index contributed by atoms with van der Waals surface area (Å²) in [5.74, 6) is 1.69. The highest BCUT2D eigenvalue weighted by Gasteiger charge is 2.08. The van der Waals surface area contributed by atoms with Crippen molar-refractivity contribution in [1.82, 2.24) is 0 Å². The fourth-order valence-electron chi connectivity index (χ4n) is 1.67. The van der Waals surface area contributed by atoms with Crippen LogP contribution in [0, 0.1) is 12.8 Å². The second-order valence-electron chi connectivity index (χ2n) is 4.78. The van der Waals surface area contributed by atoms with Crippen molar-refractivity contribution in [2.45, 2.75) is 27.2 Å². The first-order chi connectivity index (χ1) is 7.54. The molecule has 0 heterocycles. The summed E-state index contributed by atoms with van der Waals surface area (Å²) in [7, 11) is 3.85. The first-order valence-electron chi connectivity index (χ1n) is 5.90. The summed E-state index contributed by atoms with van der Waals surface area (Å²) >= 11 is 0. The Labute approximate surface area is 99.2 Å². The number of anilines is 1. The van der Waals surface area contributed by atoms with Crippen molar-refractivity contribution in [1.29, 1.82) is 0 Å². The van der Waals surface area contributed by atoms with Crippen LogP contribution in [0.3, 0.4) is 0 Å². The Morgan fingerprint density at radius 3 is 2.56 bits per heavy atom. The van der Waals surface area contributed by atoms with E-state index in [0.717, 1.165) is 18.2 Å². The molecule has 0 aliphatic heterocycles. The van der Waals surface area contributed by atoms with Crippen LogP contribution in [0.2, 0.25) is 0 Å². The molecule has 0 saturated carbocycles. The summed E-state index contributed by atoms with van der Waals surface area (Å²) in [4.78, 5) is 2.27. The first-order valence-corrected chi connectivity index (χ1v) is 5.90. The van der Waals surface area contributed by atoms with Crippen molar-refractivity contribution >= 4 is 5.69 Å². The minimum Gasteiger partial charge on any atom is -0.495 e. The molecule has 0 radical (unpaired) electrons. The van der Waals surface area contributed by atoms with Crippen LogP contribution in [0.4, 0.5) is 5.69 Å². The number of rotatable bonds is 5. The van der Waals surface area contributed by atoms with Crippen LogP contribution in [0.15, 0.2) is 18.2 Å². The van der Waals surface area contributed by atoms with Crippen LogP contribution in [-0.4, -0.2) is 20.7 Å². The number of ether oxygens (including phenoxy) is 1. The standard InChI is InChI=1S/C14H23NO/c1-11(2)8-9-15(4)13-10-12(3)6-7-14(13)16-5/h6-7,10-11H,8-9H2,1-5H3. The maximum Gasteiger partial charge on any atom is 0.142 e. The Kier molecular flexibility index (Phi) is 4.66. The third-order valence-electron chi connectivity index (χ3n) is 2.79. The first kappa shape index (κ1) is 12.9. The van der Waals surface area contributed by atoms with Gasteiger partial charge in [0, 0.05) is 13.6 Å². The van der Waals surface area contributed by atoms with Crippen LogP contribution in [0.5, 0.6) is 5.75 Å². The topological polar surface area (TPSA) is 12.5 Å². The molecular formula is C14H23NO. The van der Waals surface area contributed by atoms with E-state index in [9.17, 15) is 0 Å². The molecule has 0 saturated heterocycles. The fraction of sp³-hybridized carbons (Fsp3) is 0.571. The maximum absolute atomic E-state index is 5.39. The van der Waals surface area contributed by atoms with Gasteiger partial charge in [-0.3, -0.25) is 0 Å². The van der Waals surface area contributed by atoms with E-state index >= 15 is 0 Å². The number of benzene rings is 1. The molecule has 1 aromatic carbocycles. The molecule has 90 valence electrons. The maximum atomic E-state index is 5.39. The largest absolute Gasteiger partial charge is 0.495 e. The molecule has 0 aliphatic rings. The van der Waals surface area contributed by atoms with E-state index in [2.05, 4.69) is 44.9 Å². The zero-order valence-electron chi connectivity index (χ0n) is 11.1. The molecule has 2 heteroatoms. The Morgan fingerprint density at radius 1 is 1.31 bits per heavy atom. The SMILES string of the molecule is COc1ccc(C)cc1N(C)CCC(C)C. The van der Waals surface area contributed by atoms with Crippen molar-refractivity contribution in [3.8, 4) is 5.75 Å². The molecule has 1 rings (SSSR count). The molecule has 0 N–H and O–H groups in total. The molecule has 1 aromatic rings. The quantitative estimate of drug-likeness (QED) is 0.754. The van der Waals surface area contributed by atoms with Crippen molar-refractivity contribution in [2.75, 3.05) is 25.6 Å². The molecule has 0 unspecified atom stereocenters. The molecule has 16 heavy (non-hydrogen) atoms. The van der Waals surface area contributed by atoms with Gasteiger partial charge in [-0.05, 0) is 37.0 Å². The van der Waals surface area contributed by atoms with Gasteiger partial charge >= 0.3 is 0 Å². The summed E-state index contributed by atoms with van der Waals surface area (Å²) in [6.45, 7) is 7.68. The predicted octanol–water partition coefficient (Wildman–Crippen LogP) is 3.49. The summed E-state index contributed by atoms with van der Waals surface area (Å²) in [6, 6.07) is 6.30. The number of nitrogens with zero attached hydrogens (tertiary/aromatic N) is 1. The van der Waals surface area contributed by atoms with Gasteiger partial charge in [-0.2, -0.15) is 0 Å². The highest BCUT2D eigenvalue weighted by molar-refractivity contribution is 5.59. The second-order valence-corrected chi connectivity index (χ2v) is 4.78. The zero-order chi connectivity index (χ0) is 12.1. The lowest BCUT2D eigenvalue weighted by molar-refractivity contribution is 0.414. The molecule has 0 aromatic heterocycles. The smallest absolute Gasteiger partial charge is 0.142 e.